The third-order valence-corrected chi connectivity index (χ3v) is 3.81. The number of amides is 1. The highest BCUT2D eigenvalue weighted by atomic mass is 16.5. The van der Waals surface area contributed by atoms with Crippen molar-refractivity contribution in [3.8, 4) is 5.75 Å². The fourth-order valence-corrected chi connectivity index (χ4v) is 2.35. The van der Waals surface area contributed by atoms with Crippen molar-refractivity contribution in [1.29, 1.82) is 0 Å². The van der Waals surface area contributed by atoms with Crippen LogP contribution in [-0.4, -0.2) is 23.6 Å². The van der Waals surface area contributed by atoms with Gasteiger partial charge in [0, 0.05) is 13.0 Å². The van der Waals surface area contributed by atoms with Crippen LogP contribution in [-0.2, 0) is 17.8 Å². The summed E-state index contributed by atoms with van der Waals surface area (Å²) in [4.78, 5) is 22.8. The summed E-state index contributed by atoms with van der Waals surface area (Å²) in [7, 11) is 0. The summed E-state index contributed by atoms with van der Waals surface area (Å²) in [6.45, 7) is 2.90. The average Bonchev–Trinajstić information content (AvgIpc) is 2.64. The Morgan fingerprint density at radius 1 is 1.08 bits per heavy atom. The summed E-state index contributed by atoms with van der Waals surface area (Å²) in [5.41, 5.74) is 2.24. The lowest BCUT2D eigenvalue weighted by Crippen LogP contribution is -2.23. The van der Waals surface area contributed by atoms with Crippen LogP contribution < -0.4 is 10.1 Å². The Morgan fingerprint density at radius 2 is 1.84 bits per heavy atom. The van der Waals surface area contributed by atoms with Gasteiger partial charge in [-0.3, -0.25) is 4.79 Å². The van der Waals surface area contributed by atoms with E-state index in [-0.39, 0.29) is 11.5 Å². The standard InChI is InChI=1S/C20H23NO4/c1-2-15-8-10-18(11-9-15)25-12-4-7-19(22)21-14-16-5-3-6-17(13-16)20(23)24/h3,5-6,8-11,13H,2,4,7,12,14H2,1H3,(H,21,22)(H,23,24). The molecule has 132 valence electrons. The smallest absolute Gasteiger partial charge is 0.335 e. The minimum atomic E-state index is -0.975. The Labute approximate surface area is 147 Å². The van der Waals surface area contributed by atoms with Crippen molar-refractivity contribution in [3.63, 3.8) is 0 Å². The molecule has 0 saturated carbocycles. The first-order valence-electron chi connectivity index (χ1n) is 8.39. The van der Waals surface area contributed by atoms with Gasteiger partial charge in [-0.15, -0.1) is 0 Å². The summed E-state index contributed by atoms with van der Waals surface area (Å²) in [5.74, 6) is -0.244. The van der Waals surface area contributed by atoms with Gasteiger partial charge in [0.25, 0.3) is 0 Å². The van der Waals surface area contributed by atoms with E-state index in [2.05, 4.69) is 12.2 Å². The van der Waals surface area contributed by atoms with E-state index in [4.69, 9.17) is 9.84 Å². The highest BCUT2D eigenvalue weighted by molar-refractivity contribution is 5.87. The Bertz CT molecular complexity index is 710. The fraction of sp³-hybridized carbons (Fsp3) is 0.300. The monoisotopic (exact) mass is 341 g/mol. The third-order valence-electron chi connectivity index (χ3n) is 3.81. The van der Waals surface area contributed by atoms with Crippen molar-refractivity contribution in [3.05, 3.63) is 65.2 Å². The Kier molecular flexibility index (Phi) is 7.01. The molecule has 2 N–H and O–H groups in total. The number of benzene rings is 2. The van der Waals surface area contributed by atoms with Gasteiger partial charge in [0.1, 0.15) is 5.75 Å². The molecule has 0 heterocycles. The molecule has 0 bridgehead atoms. The van der Waals surface area contributed by atoms with E-state index < -0.39 is 5.97 Å². The van der Waals surface area contributed by atoms with E-state index in [9.17, 15) is 9.59 Å². The minimum absolute atomic E-state index is 0.0781. The van der Waals surface area contributed by atoms with E-state index in [0.717, 1.165) is 17.7 Å². The molecule has 25 heavy (non-hydrogen) atoms. The molecule has 2 aromatic rings. The molecule has 0 spiro atoms. The number of ether oxygens (including phenoxy) is 1. The van der Waals surface area contributed by atoms with Crippen LogP contribution >= 0.6 is 0 Å². The molecule has 0 fully saturated rings. The lowest BCUT2D eigenvalue weighted by atomic mass is 10.1. The molecule has 1 amide bonds. The van der Waals surface area contributed by atoms with Crippen LogP contribution in [0.1, 0.15) is 41.3 Å². The predicted molar refractivity (Wildman–Crippen MR) is 95.8 cm³/mol. The molecule has 5 heteroatoms. The molecule has 0 aliphatic rings. The van der Waals surface area contributed by atoms with Gasteiger partial charge in [0.15, 0.2) is 0 Å². The first-order chi connectivity index (χ1) is 12.1. The van der Waals surface area contributed by atoms with Crippen LogP contribution in [0.5, 0.6) is 5.75 Å². The van der Waals surface area contributed by atoms with Crippen LogP contribution in [0.2, 0.25) is 0 Å². The van der Waals surface area contributed by atoms with Gasteiger partial charge in [-0.25, -0.2) is 4.79 Å². The summed E-state index contributed by atoms with van der Waals surface area (Å²) in [6, 6.07) is 14.5. The number of carboxylic acids is 1. The number of carbonyl (C=O) groups excluding carboxylic acids is 1. The van der Waals surface area contributed by atoms with Crippen LogP contribution in [0.3, 0.4) is 0 Å². The maximum atomic E-state index is 11.8. The molecule has 0 saturated heterocycles. The lowest BCUT2D eigenvalue weighted by Gasteiger charge is -2.08. The molecule has 5 nitrogen and oxygen atoms in total. The van der Waals surface area contributed by atoms with E-state index in [0.29, 0.717) is 26.0 Å². The second kappa shape index (κ2) is 9.47. The van der Waals surface area contributed by atoms with E-state index >= 15 is 0 Å². The van der Waals surface area contributed by atoms with E-state index in [1.807, 2.05) is 24.3 Å². The van der Waals surface area contributed by atoms with E-state index in [1.54, 1.807) is 18.2 Å². The molecule has 0 aromatic heterocycles. The SMILES string of the molecule is CCc1ccc(OCCCC(=O)NCc2cccc(C(=O)O)c2)cc1. The van der Waals surface area contributed by atoms with Gasteiger partial charge in [0.2, 0.25) is 5.91 Å². The number of hydrogen-bond acceptors (Lipinski definition) is 3. The first kappa shape index (κ1) is 18.5. The topological polar surface area (TPSA) is 75.6 Å². The molecule has 2 aromatic carbocycles. The Balaban J connectivity index is 1.66. The number of nitrogens with one attached hydrogen (secondary N) is 1. The van der Waals surface area contributed by atoms with Crippen molar-refractivity contribution in [2.45, 2.75) is 32.7 Å². The Morgan fingerprint density at radius 3 is 2.52 bits per heavy atom. The molecule has 0 unspecified atom stereocenters. The van der Waals surface area contributed by atoms with Crippen LogP contribution in [0.25, 0.3) is 0 Å². The van der Waals surface area contributed by atoms with Crippen molar-refractivity contribution in [2.24, 2.45) is 0 Å². The number of aromatic carboxylic acids is 1. The van der Waals surface area contributed by atoms with Gasteiger partial charge < -0.3 is 15.2 Å². The average molecular weight is 341 g/mol. The highest BCUT2D eigenvalue weighted by Crippen LogP contribution is 2.13. The van der Waals surface area contributed by atoms with Gasteiger partial charge in [0.05, 0.1) is 12.2 Å². The Hall–Kier alpha value is -2.82. The largest absolute Gasteiger partial charge is 0.494 e. The zero-order valence-corrected chi connectivity index (χ0v) is 14.3. The van der Waals surface area contributed by atoms with Gasteiger partial charge in [-0.05, 0) is 48.2 Å². The molecular formula is C20H23NO4. The molecule has 0 aliphatic carbocycles. The van der Waals surface area contributed by atoms with Crippen LogP contribution in [0.4, 0.5) is 0 Å². The van der Waals surface area contributed by atoms with Crippen LogP contribution in [0, 0.1) is 0 Å². The lowest BCUT2D eigenvalue weighted by molar-refractivity contribution is -0.121. The van der Waals surface area contributed by atoms with Gasteiger partial charge >= 0.3 is 5.97 Å². The number of hydrogen-bond donors (Lipinski definition) is 2. The maximum absolute atomic E-state index is 11.8. The summed E-state index contributed by atoms with van der Waals surface area (Å²) >= 11 is 0. The van der Waals surface area contributed by atoms with Gasteiger partial charge in [-0.2, -0.15) is 0 Å². The molecule has 2 rings (SSSR count). The third kappa shape index (κ3) is 6.30. The van der Waals surface area contributed by atoms with Crippen molar-refractivity contribution in [2.75, 3.05) is 6.61 Å². The zero-order chi connectivity index (χ0) is 18.1. The number of aryl methyl sites for hydroxylation is 1. The number of rotatable bonds is 9. The first-order valence-corrected chi connectivity index (χ1v) is 8.39. The normalized spacial score (nSPS) is 10.3. The van der Waals surface area contributed by atoms with E-state index in [1.165, 1.54) is 11.6 Å². The quantitative estimate of drug-likeness (QED) is 0.685. The molecule has 0 aliphatic heterocycles. The predicted octanol–water partition coefficient (Wildman–Crippen LogP) is 3.42. The summed E-state index contributed by atoms with van der Waals surface area (Å²) in [5, 5.41) is 11.7. The number of carboxylic acid groups (broad SMARTS) is 1. The number of carbonyl (C=O) groups is 2. The second-order valence-electron chi connectivity index (χ2n) is 5.73. The van der Waals surface area contributed by atoms with Crippen molar-refractivity contribution < 1.29 is 19.4 Å². The molecular weight excluding hydrogens is 318 g/mol. The van der Waals surface area contributed by atoms with Crippen molar-refractivity contribution in [1.82, 2.24) is 5.32 Å². The molecule has 0 atom stereocenters. The minimum Gasteiger partial charge on any atom is -0.494 e. The fourth-order valence-electron chi connectivity index (χ4n) is 2.35. The molecule has 0 radical (unpaired) electrons. The summed E-state index contributed by atoms with van der Waals surface area (Å²) in [6.07, 6.45) is 1.98. The van der Waals surface area contributed by atoms with Gasteiger partial charge in [-0.1, -0.05) is 31.2 Å². The summed E-state index contributed by atoms with van der Waals surface area (Å²) < 4.78 is 5.62. The maximum Gasteiger partial charge on any atom is 0.335 e. The second-order valence-corrected chi connectivity index (χ2v) is 5.73. The van der Waals surface area contributed by atoms with Crippen LogP contribution in [0.15, 0.2) is 48.5 Å². The zero-order valence-electron chi connectivity index (χ0n) is 14.3. The highest BCUT2D eigenvalue weighted by Gasteiger charge is 2.05. The van der Waals surface area contributed by atoms with Crippen molar-refractivity contribution >= 4 is 11.9 Å².